The fraction of sp³-hybridized carbons (Fsp3) is 0.650. The molecule has 2 saturated heterocycles. The van der Waals surface area contributed by atoms with E-state index in [-0.39, 0.29) is 11.9 Å². The molecule has 0 amide bonds. The predicted molar refractivity (Wildman–Crippen MR) is 104 cm³/mol. The van der Waals surface area contributed by atoms with E-state index < -0.39 is 0 Å². The Bertz CT molecular complexity index is 599. The summed E-state index contributed by atoms with van der Waals surface area (Å²) in [5.74, 6) is 1.23. The highest BCUT2D eigenvalue weighted by atomic mass is 19.1. The molecule has 2 unspecified atom stereocenters. The third kappa shape index (κ3) is 5.64. The van der Waals surface area contributed by atoms with Gasteiger partial charge in [0.1, 0.15) is 5.82 Å². The Morgan fingerprint density at radius 2 is 2.00 bits per heavy atom. The Morgan fingerprint density at radius 1 is 1.26 bits per heavy atom. The number of hydrogen-bond donors (Lipinski definition) is 1. The molecular weight excluding hydrogens is 347 g/mol. The second kappa shape index (κ2) is 10.0. The lowest BCUT2D eigenvalue weighted by Crippen LogP contribution is -2.47. The van der Waals surface area contributed by atoms with Crippen LogP contribution in [0.15, 0.2) is 29.3 Å². The van der Waals surface area contributed by atoms with Crippen molar-refractivity contribution < 1.29 is 13.9 Å². The molecule has 0 radical (unpaired) electrons. The summed E-state index contributed by atoms with van der Waals surface area (Å²) in [5, 5.41) is 3.51. The van der Waals surface area contributed by atoms with Gasteiger partial charge in [-0.2, -0.15) is 0 Å². The van der Waals surface area contributed by atoms with Gasteiger partial charge < -0.3 is 19.7 Å². The third-order valence-corrected chi connectivity index (χ3v) is 5.32. The number of benzene rings is 1. The number of aliphatic imine (C=N–C) groups is 1. The molecule has 27 heavy (non-hydrogen) atoms. The lowest BCUT2D eigenvalue weighted by Gasteiger charge is -2.36. The maximum atomic E-state index is 13.4. The van der Waals surface area contributed by atoms with Gasteiger partial charge in [-0.25, -0.2) is 4.39 Å². The quantitative estimate of drug-likeness (QED) is 0.604. The number of ether oxygens (including phenoxy) is 2. The molecular formula is C20H31FN4O2. The molecule has 1 aromatic rings. The van der Waals surface area contributed by atoms with Gasteiger partial charge in [0.2, 0.25) is 0 Å². The molecule has 7 heteroatoms. The SMILES string of the molecule is CN=C(NCC(c1ccc(F)cc1)N1CCOCC1)N(C)CC1CCOC1. The maximum absolute atomic E-state index is 13.4. The molecule has 0 spiro atoms. The van der Waals surface area contributed by atoms with E-state index in [1.165, 1.54) is 12.1 Å². The number of nitrogens with one attached hydrogen (secondary N) is 1. The summed E-state index contributed by atoms with van der Waals surface area (Å²) < 4.78 is 24.4. The number of morpholine rings is 1. The minimum Gasteiger partial charge on any atom is -0.381 e. The van der Waals surface area contributed by atoms with E-state index in [0.717, 1.165) is 64.0 Å². The lowest BCUT2D eigenvalue weighted by atomic mass is 10.0. The minimum atomic E-state index is -0.207. The summed E-state index contributed by atoms with van der Waals surface area (Å²) in [4.78, 5) is 9.00. The average molecular weight is 378 g/mol. The zero-order valence-electron chi connectivity index (χ0n) is 16.4. The van der Waals surface area contributed by atoms with Crippen molar-refractivity contribution in [3.05, 3.63) is 35.6 Å². The molecule has 6 nitrogen and oxygen atoms in total. The molecule has 0 aromatic heterocycles. The molecule has 0 bridgehead atoms. The van der Waals surface area contributed by atoms with Crippen LogP contribution in [0.3, 0.4) is 0 Å². The van der Waals surface area contributed by atoms with Gasteiger partial charge in [-0.05, 0) is 24.1 Å². The van der Waals surface area contributed by atoms with Crippen molar-refractivity contribution in [3.63, 3.8) is 0 Å². The number of guanidine groups is 1. The summed E-state index contributed by atoms with van der Waals surface area (Å²) in [6.45, 7) is 6.53. The van der Waals surface area contributed by atoms with Crippen molar-refractivity contribution in [2.45, 2.75) is 12.5 Å². The van der Waals surface area contributed by atoms with Gasteiger partial charge in [0.15, 0.2) is 5.96 Å². The van der Waals surface area contributed by atoms with Gasteiger partial charge in [-0.1, -0.05) is 12.1 Å². The Hall–Kier alpha value is -1.70. The number of halogens is 1. The first-order valence-corrected chi connectivity index (χ1v) is 9.74. The Morgan fingerprint density at radius 3 is 2.63 bits per heavy atom. The molecule has 0 aliphatic carbocycles. The number of rotatable bonds is 6. The standard InChI is InChI=1S/C20H31FN4O2/c1-22-20(24(2)14-16-7-10-27-15-16)23-13-19(25-8-11-26-12-9-25)17-3-5-18(21)6-4-17/h3-6,16,19H,7-15H2,1-2H3,(H,22,23). The average Bonchev–Trinajstić information content (AvgIpc) is 3.20. The van der Waals surface area contributed by atoms with E-state index in [1.807, 2.05) is 19.2 Å². The molecule has 2 fully saturated rings. The molecule has 2 aliphatic heterocycles. The molecule has 2 aliphatic rings. The smallest absolute Gasteiger partial charge is 0.193 e. The normalized spacial score (nSPS) is 22.6. The number of nitrogens with zero attached hydrogens (tertiary/aromatic N) is 3. The summed E-state index contributed by atoms with van der Waals surface area (Å²) in [7, 11) is 3.88. The fourth-order valence-corrected chi connectivity index (χ4v) is 3.81. The maximum Gasteiger partial charge on any atom is 0.193 e. The van der Waals surface area contributed by atoms with Gasteiger partial charge in [-0.3, -0.25) is 9.89 Å². The molecule has 0 saturated carbocycles. The van der Waals surface area contributed by atoms with Crippen molar-refractivity contribution in [2.24, 2.45) is 10.9 Å². The van der Waals surface area contributed by atoms with Crippen LogP contribution in [0.4, 0.5) is 4.39 Å². The van der Waals surface area contributed by atoms with Crippen LogP contribution in [-0.4, -0.2) is 82.5 Å². The summed E-state index contributed by atoms with van der Waals surface area (Å²) in [6.07, 6.45) is 1.10. The highest BCUT2D eigenvalue weighted by Crippen LogP contribution is 2.22. The topological polar surface area (TPSA) is 49.3 Å². The van der Waals surface area contributed by atoms with Gasteiger partial charge >= 0.3 is 0 Å². The molecule has 2 atom stereocenters. The van der Waals surface area contributed by atoms with Crippen molar-refractivity contribution in [2.75, 3.05) is 66.7 Å². The third-order valence-electron chi connectivity index (χ3n) is 5.32. The zero-order valence-corrected chi connectivity index (χ0v) is 16.4. The van der Waals surface area contributed by atoms with Gasteiger partial charge in [-0.15, -0.1) is 0 Å². The molecule has 2 heterocycles. The van der Waals surface area contributed by atoms with Crippen LogP contribution in [0.5, 0.6) is 0 Å². The van der Waals surface area contributed by atoms with E-state index >= 15 is 0 Å². The molecule has 1 aromatic carbocycles. The van der Waals surface area contributed by atoms with Crippen LogP contribution < -0.4 is 5.32 Å². The summed E-state index contributed by atoms with van der Waals surface area (Å²) in [6, 6.07) is 6.96. The molecule has 150 valence electrons. The summed E-state index contributed by atoms with van der Waals surface area (Å²) in [5.41, 5.74) is 1.10. The Balaban J connectivity index is 1.64. The highest BCUT2D eigenvalue weighted by molar-refractivity contribution is 5.79. The van der Waals surface area contributed by atoms with E-state index in [9.17, 15) is 4.39 Å². The van der Waals surface area contributed by atoms with E-state index in [2.05, 4.69) is 27.2 Å². The van der Waals surface area contributed by atoms with Crippen LogP contribution >= 0.6 is 0 Å². The highest BCUT2D eigenvalue weighted by Gasteiger charge is 2.24. The van der Waals surface area contributed by atoms with Gasteiger partial charge in [0, 0.05) is 52.8 Å². The first-order chi connectivity index (χ1) is 13.2. The monoisotopic (exact) mass is 378 g/mol. The second-order valence-corrected chi connectivity index (χ2v) is 7.25. The largest absolute Gasteiger partial charge is 0.381 e. The van der Waals surface area contributed by atoms with Crippen LogP contribution in [0.1, 0.15) is 18.0 Å². The predicted octanol–water partition coefficient (Wildman–Crippen LogP) is 1.74. The van der Waals surface area contributed by atoms with Crippen LogP contribution in [0, 0.1) is 11.7 Å². The van der Waals surface area contributed by atoms with E-state index in [4.69, 9.17) is 9.47 Å². The van der Waals surface area contributed by atoms with Crippen molar-refractivity contribution in [1.82, 2.24) is 15.1 Å². The van der Waals surface area contributed by atoms with Crippen LogP contribution in [-0.2, 0) is 9.47 Å². The van der Waals surface area contributed by atoms with Crippen molar-refractivity contribution in [3.8, 4) is 0 Å². The second-order valence-electron chi connectivity index (χ2n) is 7.25. The Kier molecular flexibility index (Phi) is 7.43. The van der Waals surface area contributed by atoms with Crippen LogP contribution in [0.25, 0.3) is 0 Å². The van der Waals surface area contributed by atoms with Crippen molar-refractivity contribution in [1.29, 1.82) is 0 Å². The first kappa shape index (κ1) is 20.0. The minimum absolute atomic E-state index is 0.148. The van der Waals surface area contributed by atoms with Crippen molar-refractivity contribution >= 4 is 5.96 Å². The molecule has 1 N–H and O–H groups in total. The van der Waals surface area contributed by atoms with Crippen LogP contribution in [0.2, 0.25) is 0 Å². The van der Waals surface area contributed by atoms with Gasteiger partial charge in [0.25, 0.3) is 0 Å². The lowest BCUT2D eigenvalue weighted by molar-refractivity contribution is 0.0169. The summed E-state index contributed by atoms with van der Waals surface area (Å²) >= 11 is 0. The fourth-order valence-electron chi connectivity index (χ4n) is 3.81. The zero-order chi connectivity index (χ0) is 19.1. The number of hydrogen-bond acceptors (Lipinski definition) is 4. The first-order valence-electron chi connectivity index (χ1n) is 9.74. The Labute approximate surface area is 161 Å². The van der Waals surface area contributed by atoms with E-state index in [1.54, 1.807) is 0 Å². The van der Waals surface area contributed by atoms with E-state index in [0.29, 0.717) is 12.5 Å². The molecule has 3 rings (SSSR count). The van der Waals surface area contributed by atoms with Gasteiger partial charge in [0.05, 0.1) is 25.9 Å².